The third-order valence-corrected chi connectivity index (χ3v) is 3.73. The Bertz CT molecular complexity index is 847. The average molecular weight is 334 g/mol. The fourth-order valence-corrected chi connectivity index (χ4v) is 2.48. The number of hydrogen-bond acceptors (Lipinski definition) is 5. The predicted molar refractivity (Wildman–Crippen MR) is 83.5 cm³/mol. The third-order valence-electron chi connectivity index (χ3n) is 2.78. The lowest BCUT2D eigenvalue weighted by Crippen LogP contribution is -2.17. The zero-order valence-corrected chi connectivity index (χ0v) is 13.0. The average Bonchev–Trinajstić information content (AvgIpc) is 2.46. The molecule has 2 aromatic carbocycles. The number of carbonyl (C=O) groups excluding carboxylic acids is 2. The number of carbonyl (C=O) groups is 2. The van der Waals surface area contributed by atoms with Crippen LogP contribution < -0.4 is 15.2 Å². The fourth-order valence-electron chi connectivity index (χ4n) is 1.84. The van der Waals surface area contributed by atoms with Crippen LogP contribution in [0.3, 0.4) is 0 Å². The van der Waals surface area contributed by atoms with Gasteiger partial charge in [-0.2, -0.15) is 0 Å². The molecule has 0 spiro atoms. The van der Waals surface area contributed by atoms with Crippen molar-refractivity contribution in [3.8, 4) is 5.75 Å². The Morgan fingerprint density at radius 2 is 1.74 bits per heavy atom. The molecule has 7 nitrogen and oxygen atoms in total. The summed E-state index contributed by atoms with van der Waals surface area (Å²) in [5.41, 5.74) is 0.526. The molecule has 0 saturated heterocycles. The summed E-state index contributed by atoms with van der Waals surface area (Å²) in [4.78, 5) is 22.8. The maximum absolute atomic E-state index is 12.1. The summed E-state index contributed by atoms with van der Waals surface area (Å²) >= 11 is 0. The predicted octanol–water partition coefficient (Wildman–Crippen LogP) is 1.51. The van der Waals surface area contributed by atoms with Crippen LogP contribution in [0.25, 0.3) is 0 Å². The van der Waals surface area contributed by atoms with Crippen LogP contribution in [0, 0.1) is 0 Å². The molecule has 0 heterocycles. The molecule has 0 fully saturated rings. The third kappa shape index (κ3) is 4.38. The van der Waals surface area contributed by atoms with E-state index in [4.69, 9.17) is 9.88 Å². The number of nitrogens with one attached hydrogen (secondary N) is 1. The summed E-state index contributed by atoms with van der Waals surface area (Å²) in [5, 5.41) is 7.59. The van der Waals surface area contributed by atoms with Crippen molar-refractivity contribution in [2.24, 2.45) is 5.14 Å². The summed E-state index contributed by atoms with van der Waals surface area (Å²) in [6.45, 7) is 1.29. The summed E-state index contributed by atoms with van der Waals surface area (Å²) in [5.74, 6) is -1.35. The van der Waals surface area contributed by atoms with Gasteiger partial charge in [-0.1, -0.05) is 18.2 Å². The molecule has 3 N–H and O–H groups in total. The number of benzene rings is 2. The first-order chi connectivity index (χ1) is 10.8. The zero-order valence-electron chi connectivity index (χ0n) is 12.1. The standard InChI is InChI=1S/C15H14N2O5S/c1-10(18)17-12-7-8-14(23(16,20)21)13(9-12)22-15(19)11-5-3-2-4-6-11/h2-9H,1H3,(H,17,18)(H2,16,20,21). The summed E-state index contributed by atoms with van der Waals surface area (Å²) in [6.07, 6.45) is 0. The lowest BCUT2D eigenvalue weighted by atomic mass is 10.2. The van der Waals surface area contributed by atoms with Crippen LogP contribution in [-0.4, -0.2) is 20.3 Å². The summed E-state index contributed by atoms with van der Waals surface area (Å²) < 4.78 is 28.3. The van der Waals surface area contributed by atoms with Gasteiger partial charge in [0.25, 0.3) is 0 Å². The van der Waals surface area contributed by atoms with Gasteiger partial charge in [-0.3, -0.25) is 4.79 Å². The maximum Gasteiger partial charge on any atom is 0.343 e. The van der Waals surface area contributed by atoms with Crippen LogP contribution in [0.1, 0.15) is 17.3 Å². The molecule has 120 valence electrons. The normalized spacial score (nSPS) is 10.9. The van der Waals surface area contributed by atoms with Gasteiger partial charge < -0.3 is 10.1 Å². The molecule has 0 atom stereocenters. The molecule has 8 heteroatoms. The number of hydrogen-bond donors (Lipinski definition) is 2. The summed E-state index contributed by atoms with van der Waals surface area (Å²) in [7, 11) is -4.10. The fraction of sp³-hybridized carbons (Fsp3) is 0.0667. The Kier molecular flexibility index (Phi) is 4.77. The largest absolute Gasteiger partial charge is 0.421 e. The van der Waals surface area contributed by atoms with E-state index in [1.807, 2.05) is 0 Å². The van der Waals surface area contributed by atoms with E-state index in [0.717, 1.165) is 6.07 Å². The zero-order chi connectivity index (χ0) is 17.0. The number of nitrogens with two attached hydrogens (primary N) is 1. The van der Waals surface area contributed by atoms with Crippen molar-refractivity contribution in [3.63, 3.8) is 0 Å². The van der Waals surface area contributed by atoms with E-state index in [1.165, 1.54) is 31.2 Å². The molecular weight excluding hydrogens is 320 g/mol. The van der Waals surface area contributed by atoms with Gasteiger partial charge in [0.05, 0.1) is 5.56 Å². The van der Waals surface area contributed by atoms with Crippen LogP contribution in [0.2, 0.25) is 0 Å². The molecule has 0 bridgehead atoms. The Morgan fingerprint density at radius 3 is 2.30 bits per heavy atom. The Balaban J connectivity index is 2.41. The minimum absolute atomic E-state index is 0.248. The second-order valence-corrected chi connectivity index (χ2v) is 6.17. The van der Waals surface area contributed by atoms with E-state index in [1.54, 1.807) is 18.2 Å². The highest BCUT2D eigenvalue weighted by Gasteiger charge is 2.19. The number of anilines is 1. The van der Waals surface area contributed by atoms with Gasteiger partial charge in [0.1, 0.15) is 4.90 Å². The monoisotopic (exact) mass is 334 g/mol. The van der Waals surface area contributed by atoms with Gasteiger partial charge in [0, 0.05) is 18.7 Å². The second-order valence-electron chi connectivity index (χ2n) is 4.64. The summed E-state index contributed by atoms with van der Waals surface area (Å²) in [6, 6.07) is 11.8. The van der Waals surface area contributed by atoms with E-state index >= 15 is 0 Å². The molecular formula is C15H14N2O5S. The second kappa shape index (κ2) is 6.59. The van der Waals surface area contributed by atoms with Gasteiger partial charge in [-0.15, -0.1) is 0 Å². The van der Waals surface area contributed by atoms with Crippen molar-refractivity contribution in [1.82, 2.24) is 0 Å². The Hall–Kier alpha value is -2.71. The molecule has 0 saturated carbocycles. The highest BCUT2D eigenvalue weighted by Crippen LogP contribution is 2.27. The highest BCUT2D eigenvalue weighted by molar-refractivity contribution is 7.89. The quantitative estimate of drug-likeness (QED) is 0.649. The molecule has 0 unspecified atom stereocenters. The highest BCUT2D eigenvalue weighted by atomic mass is 32.2. The van der Waals surface area contributed by atoms with Crippen LogP contribution in [0.15, 0.2) is 53.4 Å². The molecule has 0 radical (unpaired) electrons. The van der Waals surface area contributed by atoms with Gasteiger partial charge in [0.15, 0.2) is 5.75 Å². The number of rotatable bonds is 4. The lowest BCUT2D eigenvalue weighted by molar-refractivity contribution is -0.114. The Morgan fingerprint density at radius 1 is 1.09 bits per heavy atom. The van der Waals surface area contributed by atoms with Gasteiger partial charge in [-0.05, 0) is 24.3 Å². The van der Waals surface area contributed by atoms with Crippen molar-refractivity contribution < 1.29 is 22.7 Å². The van der Waals surface area contributed by atoms with Crippen molar-refractivity contribution >= 4 is 27.6 Å². The number of esters is 1. The maximum atomic E-state index is 12.1. The minimum Gasteiger partial charge on any atom is -0.421 e. The van der Waals surface area contributed by atoms with Crippen LogP contribution in [0.4, 0.5) is 5.69 Å². The van der Waals surface area contributed by atoms with Crippen LogP contribution >= 0.6 is 0 Å². The van der Waals surface area contributed by atoms with Gasteiger partial charge in [0.2, 0.25) is 15.9 Å². The van der Waals surface area contributed by atoms with E-state index in [0.29, 0.717) is 0 Å². The molecule has 23 heavy (non-hydrogen) atoms. The molecule has 0 aliphatic carbocycles. The number of sulfonamides is 1. The number of primary sulfonamides is 1. The van der Waals surface area contributed by atoms with E-state index < -0.39 is 16.0 Å². The first-order valence-corrected chi connectivity index (χ1v) is 8.03. The van der Waals surface area contributed by atoms with Gasteiger partial charge in [-0.25, -0.2) is 18.4 Å². The minimum atomic E-state index is -4.10. The molecule has 1 amide bonds. The molecule has 0 aliphatic heterocycles. The lowest BCUT2D eigenvalue weighted by Gasteiger charge is -2.11. The van der Waals surface area contributed by atoms with Crippen molar-refractivity contribution in [2.45, 2.75) is 11.8 Å². The van der Waals surface area contributed by atoms with Crippen molar-refractivity contribution in [1.29, 1.82) is 0 Å². The first-order valence-electron chi connectivity index (χ1n) is 6.49. The first kappa shape index (κ1) is 16.7. The van der Waals surface area contributed by atoms with E-state index in [9.17, 15) is 18.0 Å². The van der Waals surface area contributed by atoms with E-state index in [-0.39, 0.29) is 27.8 Å². The van der Waals surface area contributed by atoms with Gasteiger partial charge >= 0.3 is 5.97 Å². The van der Waals surface area contributed by atoms with Crippen molar-refractivity contribution in [2.75, 3.05) is 5.32 Å². The van der Waals surface area contributed by atoms with E-state index in [2.05, 4.69) is 5.32 Å². The smallest absolute Gasteiger partial charge is 0.343 e. The van der Waals surface area contributed by atoms with Crippen LogP contribution in [-0.2, 0) is 14.8 Å². The van der Waals surface area contributed by atoms with Crippen LogP contribution in [0.5, 0.6) is 5.75 Å². The van der Waals surface area contributed by atoms with Crippen molar-refractivity contribution in [3.05, 3.63) is 54.1 Å². The number of amides is 1. The molecule has 2 aromatic rings. The molecule has 0 aliphatic rings. The topological polar surface area (TPSA) is 116 Å². The molecule has 2 rings (SSSR count). The number of ether oxygens (including phenoxy) is 1. The Labute approximate surface area is 133 Å². The molecule has 0 aromatic heterocycles. The SMILES string of the molecule is CC(=O)Nc1ccc(S(N)(=O)=O)c(OC(=O)c2ccccc2)c1.